The van der Waals surface area contributed by atoms with Gasteiger partial charge in [0.1, 0.15) is 11.6 Å². The molecule has 0 fully saturated rings. The molecular weight excluding hydrogens is 196 g/mol. The van der Waals surface area contributed by atoms with E-state index in [2.05, 4.69) is 26.1 Å². The van der Waals surface area contributed by atoms with Crippen molar-refractivity contribution in [1.29, 1.82) is 0 Å². The lowest BCUT2D eigenvalue weighted by Crippen LogP contribution is -2.31. The average Bonchev–Trinajstić information content (AvgIpc) is 2.08. The fourth-order valence-corrected chi connectivity index (χ4v) is 1.06. The van der Waals surface area contributed by atoms with Crippen molar-refractivity contribution in [2.24, 2.45) is 5.41 Å². The zero-order chi connectivity index (χ0) is 11.6. The normalized spacial score (nSPS) is 13.7. The Hall–Kier alpha value is -1.12. The predicted molar refractivity (Wildman–Crippen MR) is 58.9 cm³/mol. The second kappa shape index (κ2) is 4.17. The topological polar surface area (TPSA) is 12.0 Å². The summed E-state index contributed by atoms with van der Waals surface area (Å²) in [5.74, 6) is -1.10. The number of rotatable bonds is 2. The molecule has 15 heavy (non-hydrogen) atoms. The fourth-order valence-electron chi connectivity index (χ4n) is 1.06. The molecule has 1 nitrogen and oxygen atoms in total. The van der Waals surface area contributed by atoms with Crippen molar-refractivity contribution >= 4 is 5.69 Å². The maximum atomic E-state index is 13.3. The molecule has 84 valence electrons. The van der Waals surface area contributed by atoms with Crippen LogP contribution in [0, 0.1) is 17.0 Å². The van der Waals surface area contributed by atoms with Gasteiger partial charge in [-0.25, -0.2) is 8.78 Å². The zero-order valence-electron chi connectivity index (χ0n) is 9.57. The third kappa shape index (κ3) is 3.18. The summed E-state index contributed by atoms with van der Waals surface area (Å²) in [4.78, 5) is 0. The second-order valence-corrected chi connectivity index (χ2v) is 4.86. The molecule has 1 aromatic rings. The summed E-state index contributed by atoms with van der Waals surface area (Å²) >= 11 is 0. The van der Waals surface area contributed by atoms with Crippen LogP contribution < -0.4 is 5.32 Å². The van der Waals surface area contributed by atoms with Gasteiger partial charge < -0.3 is 5.32 Å². The lowest BCUT2D eigenvalue weighted by Gasteiger charge is -2.29. The van der Waals surface area contributed by atoms with Crippen LogP contribution in [0.2, 0.25) is 0 Å². The summed E-state index contributed by atoms with van der Waals surface area (Å²) < 4.78 is 25.9. The summed E-state index contributed by atoms with van der Waals surface area (Å²) in [6.45, 7) is 8.16. The van der Waals surface area contributed by atoms with E-state index >= 15 is 0 Å². The van der Waals surface area contributed by atoms with Crippen LogP contribution in [0.15, 0.2) is 18.2 Å². The summed E-state index contributed by atoms with van der Waals surface area (Å²) in [5.41, 5.74) is 0.375. The fraction of sp³-hybridized carbons (Fsp3) is 0.500. The van der Waals surface area contributed by atoms with E-state index in [1.165, 1.54) is 12.1 Å². The number of anilines is 1. The number of benzene rings is 1. The lowest BCUT2D eigenvalue weighted by atomic mass is 9.88. The van der Waals surface area contributed by atoms with Crippen molar-refractivity contribution in [3.8, 4) is 0 Å². The Morgan fingerprint density at radius 1 is 1.20 bits per heavy atom. The number of hydrogen-bond acceptors (Lipinski definition) is 1. The van der Waals surface area contributed by atoms with Gasteiger partial charge in [0.15, 0.2) is 0 Å². The van der Waals surface area contributed by atoms with E-state index in [1.54, 1.807) is 0 Å². The van der Waals surface area contributed by atoms with E-state index in [4.69, 9.17) is 0 Å². The Kier molecular flexibility index (Phi) is 3.32. The van der Waals surface area contributed by atoms with Crippen LogP contribution in [-0.2, 0) is 0 Å². The van der Waals surface area contributed by atoms with Gasteiger partial charge in [-0.15, -0.1) is 0 Å². The molecule has 3 heteroatoms. The highest BCUT2D eigenvalue weighted by atomic mass is 19.1. The Labute approximate surface area is 89.5 Å². The molecule has 1 rings (SSSR count). The van der Waals surface area contributed by atoms with Crippen molar-refractivity contribution in [3.05, 3.63) is 29.8 Å². The first-order valence-electron chi connectivity index (χ1n) is 5.02. The Bertz CT molecular complexity index is 342. The molecule has 1 atom stereocenters. The van der Waals surface area contributed by atoms with Crippen LogP contribution in [0.3, 0.4) is 0 Å². The van der Waals surface area contributed by atoms with Crippen LogP contribution in [0.5, 0.6) is 0 Å². The molecule has 0 saturated heterocycles. The monoisotopic (exact) mass is 213 g/mol. The molecule has 0 spiro atoms. The van der Waals surface area contributed by atoms with Crippen LogP contribution in [0.25, 0.3) is 0 Å². The molecule has 0 saturated carbocycles. The number of halogens is 2. The molecule has 0 bridgehead atoms. The minimum atomic E-state index is -0.554. The SMILES string of the molecule is CC(Nc1ccc(F)cc1F)C(C)(C)C. The van der Waals surface area contributed by atoms with Gasteiger partial charge in [0, 0.05) is 12.1 Å². The van der Waals surface area contributed by atoms with Crippen LogP contribution >= 0.6 is 0 Å². The highest BCUT2D eigenvalue weighted by Crippen LogP contribution is 2.24. The van der Waals surface area contributed by atoms with E-state index in [0.717, 1.165) is 6.07 Å². The molecule has 0 radical (unpaired) electrons. The van der Waals surface area contributed by atoms with Gasteiger partial charge in [-0.2, -0.15) is 0 Å². The Balaban J connectivity index is 2.82. The van der Waals surface area contributed by atoms with Crippen molar-refractivity contribution in [2.45, 2.75) is 33.7 Å². The summed E-state index contributed by atoms with van der Waals surface area (Å²) in [5, 5.41) is 3.04. The number of hydrogen-bond donors (Lipinski definition) is 1. The zero-order valence-corrected chi connectivity index (χ0v) is 9.57. The van der Waals surface area contributed by atoms with Gasteiger partial charge in [0.25, 0.3) is 0 Å². The first-order chi connectivity index (χ1) is 6.80. The quantitative estimate of drug-likeness (QED) is 0.787. The first kappa shape index (κ1) is 12.0. The van der Waals surface area contributed by atoms with E-state index in [-0.39, 0.29) is 11.5 Å². The predicted octanol–water partition coefficient (Wildman–Crippen LogP) is 3.81. The summed E-state index contributed by atoms with van der Waals surface area (Å²) in [6, 6.07) is 3.67. The van der Waals surface area contributed by atoms with Gasteiger partial charge in [-0.3, -0.25) is 0 Å². The number of nitrogens with one attached hydrogen (secondary N) is 1. The van der Waals surface area contributed by atoms with E-state index in [1.807, 2.05) is 6.92 Å². The van der Waals surface area contributed by atoms with Gasteiger partial charge in [0.2, 0.25) is 0 Å². The van der Waals surface area contributed by atoms with Crippen LogP contribution in [-0.4, -0.2) is 6.04 Å². The molecule has 0 aromatic heterocycles. The molecule has 1 N–H and O–H groups in total. The van der Waals surface area contributed by atoms with E-state index in [9.17, 15) is 8.78 Å². The van der Waals surface area contributed by atoms with Gasteiger partial charge in [-0.05, 0) is 24.5 Å². The van der Waals surface area contributed by atoms with E-state index in [0.29, 0.717) is 5.69 Å². The highest BCUT2D eigenvalue weighted by molar-refractivity contribution is 5.45. The maximum Gasteiger partial charge on any atom is 0.149 e. The lowest BCUT2D eigenvalue weighted by molar-refractivity contribution is 0.358. The van der Waals surface area contributed by atoms with Crippen molar-refractivity contribution in [2.75, 3.05) is 5.32 Å². The molecule has 0 aliphatic rings. The summed E-state index contributed by atoms with van der Waals surface area (Å²) in [6.07, 6.45) is 0. The molecule has 1 aromatic carbocycles. The molecule has 0 amide bonds. The van der Waals surface area contributed by atoms with Crippen molar-refractivity contribution < 1.29 is 8.78 Å². The van der Waals surface area contributed by atoms with Crippen molar-refractivity contribution in [3.63, 3.8) is 0 Å². The smallest absolute Gasteiger partial charge is 0.149 e. The Morgan fingerprint density at radius 2 is 1.80 bits per heavy atom. The molecule has 1 unspecified atom stereocenters. The van der Waals surface area contributed by atoms with Crippen LogP contribution in [0.4, 0.5) is 14.5 Å². The largest absolute Gasteiger partial charge is 0.380 e. The van der Waals surface area contributed by atoms with Crippen molar-refractivity contribution in [1.82, 2.24) is 0 Å². The third-order valence-corrected chi connectivity index (χ3v) is 2.60. The molecule has 0 aliphatic heterocycles. The third-order valence-electron chi connectivity index (χ3n) is 2.60. The van der Waals surface area contributed by atoms with E-state index < -0.39 is 11.6 Å². The summed E-state index contributed by atoms with van der Waals surface area (Å²) in [7, 11) is 0. The molecule has 0 aliphatic carbocycles. The van der Waals surface area contributed by atoms with Gasteiger partial charge in [0.05, 0.1) is 5.69 Å². The second-order valence-electron chi connectivity index (χ2n) is 4.86. The Morgan fingerprint density at radius 3 is 2.27 bits per heavy atom. The minimum Gasteiger partial charge on any atom is -0.380 e. The van der Waals surface area contributed by atoms with Crippen LogP contribution in [0.1, 0.15) is 27.7 Å². The first-order valence-corrected chi connectivity index (χ1v) is 5.02. The molecular formula is C12H17F2N. The minimum absolute atomic E-state index is 0.0286. The van der Waals surface area contributed by atoms with Gasteiger partial charge in [-0.1, -0.05) is 20.8 Å². The average molecular weight is 213 g/mol. The highest BCUT2D eigenvalue weighted by Gasteiger charge is 2.20. The standard InChI is InChI=1S/C12H17F2N/c1-8(12(2,3)4)15-11-6-5-9(13)7-10(11)14/h5-8,15H,1-4H3. The maximum absolute atomic E-state index is 13.3. The molecule has 0 heterocycles. The van der Waals surface area contributed by atoms with Gasteiger partial charge >= 0.3 is 0 Å².